The van der Waals surface area contributed by atoms with Crippen LogP contribution >= 0.6 is 0 Å². The molecule has 1 saturated heterocycles. The van der Waals surface area contributed by atoms with Gasteiger partial charge in [0.2, 0.25) is 0 Å². The highest BCUT2D eigenvalue weighted by Crippen LogP contribution is 2.27. The van der Waals surface area contributed by atoms with Gasteiger partial charge in [0.15, 0.2) is 0 Å². The minimum absolute atomic E-state index is 0.576. The summed E-state index contributed by atoms with van der Waals surface area (Å²) in [5, 5.41) is 0. The summed E-state index contributed by atoms with van der Waals surface area (Å²) in [5.41, 5.74) is 2.25. The van der Waals surface area contributed by atoms with E-state index in [2.05, 4.69) is 43.7 Å². The third kappa shape index (κ3) is 3.29. The van der Waals surface area contributed by atoms with E-state index in [9.17, 15) is 0 Å². The topological polar surface area (TPSA) is 49.7 Å². The van der Waals surface area contributed by atoms with Crippen LogP contribution in [0.4, 0.5) is 0 Å². The Morgan fingerprint density at radius 3 is 2.78 bits per heavy atom. The second kappa shape index (κ2) is 6.54. The Hall–Kier alpha value is -2.14. The molecule has 0 unspecified atom stereocenters. The fraction of sp³-hybridized carbons (Fsp3) is 0.444. The van der Waals surface area contributed by atoms with Crippen LogP contribution in [-0.4, -0.2) is 44.1 Å². The number of hydrogen-bond acceptors (Lipinski definition) is 3. The molecule has 5 heteroatoms. The normalized spacial score (nSPS) is 17.0. The minimum Gasteiger partial charge on any atom is -0.342 e. The second-order valence-corrected chi connectivity index (χ2v) is 6.41. The van der Waals surface area contributed by atoms with Gasteiger partial charge in [-0.3, -0.25) is 0 Å². The summed E-state index contributed by atoms with van der Waals surface area (Å²) in [6, 6.07) is 8.31. The van der Waals surface area contributed by atoms with Gasteiger partial charge in [-0.05, 0) is 51.0 Å². The van der Waals surface area contributed by atoms with Crippen molar-refractivity contribution in [2.45, 2.75) is 31.7 Å². The summed E-state index contributed by atoms with van der Waals surface area (Å²) in [6.45, 7) is 4.58. The van der Waals surface area contributed by atoms with Crippen LogP contribution in [-0.2, 0) is 6.54 Å². The van der Waals surface area contributed by atoms with Crippen LogP contribution in [0.5, 0.6) is 0 Å². The number of para-hydroxylation sites is 2. The Kier molecular flexibility index (Phi) is 4.11. The molecule has 0 radical (unpaired) electrons. The molecule has 1 N–H and O–H groups in total. The Balaban J connectivity index is 1.28. The zero-order chi connectivity index (χ0) is 15.5. The molecule has 120 valence electrons. The average Bonchev–Trinajstić information content (AvgIpc) is 3.24. The van der Waals surface area contributed by atoms with Crippen LogP contribution in [0, 0.1) is 0 Å². The molecule has 3 aromatic rings. The summed E-state index contributed by atoms with van der Waals surface area (Å²) in [5.74, 6) is 1.75. The van der Waals surface area contributed by atoms with Gasteiger partial charge in [-0.25, -0.2) is 9.97 Å². The number of aryl methyl sites for hydroxylation is 1. The van der Waals surface area contributed by atoms with E-state index in [4.69, 9.17) is 4.98 Å². The third-order valence-corrected chi connectivity index (χ3v) is 4.83. The molecular formula is C18H23N5. The summed E-state index contributed by atoms with van der Waals surface area (Å²) in [6.07, 6.45) is 9.36. The number of likely N-dealkylation sites (tertiary alicyclic amines) is 1. The zero-order valence-electron chi connectivity index (χ0n) is 13.4. The van der Waals surface area contributed by atoms with Gasteiger partial charge >= 0.3 is 0 Å². The number of piperidine rings is 1. The number of aromatic amines is 1. The molecule has 1 fully saturated rings. The van der Waals surface area contributed by atoms with Gasteiger partial charge in [0.1, 0.15) is 5.82 Å². The molecule has 2 aromatic heterocycles. The van der Waals surface area contributed by atoms with E-state index in [1.807, 2.05) is 18.7 Å². The summed E-state index contributed by atoms with van der Waals surface area (Å²) < 4.78 is 2.15. The first-order valence-corrected chi connectivity index (χ1v) is 8.51. The molecule has 0 atom stereocenters. The van der Waals surface area contributed by atoms with E-state index in [0.29, 0.717) is 5.92 Å². The minimum atomic E-state index is 0.576. The van der Waals surface area contributed by atoms with Crippen LogP contribution in [0.25, 0.3) is 11.0 Å². The van der Waals surface area contributed by atoms with Crippen molar-refractivity contribution in [2.75, 3.05) is 19.6 Å². The highest BCUT2D eigenvalue weighted by Gasteiger charge is 2.22. The van der Waals surface area contributed by atoms with Gasteiger partial charge in [-0.15, -0.1) is 0 Å². The van der Waals surface area contributed by atoms with Crippen LogP contribution < -0.4 is 0 Å². The van der Waals surface area contributed by atoms with E-state index in [1.165, 1.54) is 44.7 Å². The lowest BCUT2D eigenvalue weighted by molar-refractivity contribution is 0.204. The van der Waals surface area contributed by atoms with Gasteiger partial charge in [-0.2, -0.15) is 0 Å². The molecule has 4 rings (SSSR count). The third-order valence-electron chi connectivity index (χ3n) is 4.83. The fourth-order valence-corrected chi connectivity index (χ4v) is 3.49. The highest BCUT2D eigenvalue weighted by molar-refractivity contribution is 5.74. The SMILES string of the molecule is c1ccc2[nH]c(C3CCN(CCCn4ccnc4)CC3)nc2c1. The van der Waals surface area contributed by atoms with Crippen molar-refractivity contribution in [3.05, 3.63) is 48.8 Å². The van der Waals surface area contributed by atoms with E-state index >= 15 is 0 Å². The van der Waals surface area contributed by atoms with Gasteiger partial charge < -0.3 is 14.5 Å². The van der Waals surface area contributed by atoms with Crippen LogP contribution in [0.3, 0.4) is 0 Å². The van der Waals surface area contributed by atoms with Crippen molar-refractivity contribution in [1.82, 2.24) is 24.4 Å². The Labute approximate surface area is 136 Å². The van der Waals surface area contributed by atoms with Gasteiger partial charge in [-0.1, -0.05) is 12.1 Å². The lowest BCUT2D eigenvalue weighted by Gasteiger charge is -2.31. The van der Waals surface area contributed by atoms with E-state index < -0.39 is 0 Å². The molecule has 1 aromatic carbocycles. The first kappa shape index (κ1) is 14.5. The highest BCUT2D eigenvalue weighted by atomic mass is 15.1. The summed E-state index contributed by atoms with van der Waals surface area (Å²) in [4.78, 5) is 14.9. The molecule has 3 heterocycles. The number of aromatic nitrogens is 4. The number of rotatable bonds is 5. The summed E-state index contributed by atoms with van der Waals surface area (Å²) in [7, 11) is 0. The molecular weight excluding hydrogens is 286 g/mol. The molecule has 0 bridgehead atoms. The molecule has 1 aliphatic rings. The smallest absolute Gasteiger partial charge is 0.110 e. The monoisotopic (exact) mass is 309 g/mol. The maximum absolute atomic E-state index is 4.77. The number of nitrogens with zero attached hydrogens (tertiary/aromatic N) is 4. The quantitative estimate of drug-likeness (QED) is 0.788. The zero-order valence-corrected chi connectivity index (χ0v) is 13.4. The van der Waals surface area contributed by atoms with E-state index in [1.54, 1.807) is 0 Å². The first-order chi connectivity index (χ1) is 11.4. The molecule has 1 aliphatic heterocycles. The molecule has 0 amide bonds. The standard InChI is InChI=1S/C18H23N5/c1-2-5-17-16(4-1)20-18(21-17)15-6-11-22(12-7-15)9-3-10-23-13-8-19-14-23/h1-2,4-5,8,13-15H,3,6-7,9-12H2,(H,20,21). The van der Waals surface area contributed by atoms with Crippen LogP contribution in [0.15, 0.2) is 43.0 Å². The van der Waals surface area contributed by atoms with Crippen molar-refractivity contribution in [2.24, 2.45) is 0 Å². The van der Waals surface area contributed by atoms with E-state index in [0.717, 1.165) is 17.6 Å². The molecule has 23 heavy (non-hydrogen) atoms. The predicted octanol–water partition coefficient (Wildman–Crippen LogP) is 3.03. The Bertz CT molecular complexity index is 705. The fourth-order valence-electron chi connectivity index (χ4n) is 3.49. The number of benzene rings is 1. The van der Waals surface area contributed by atoms with E-state index in [-0.39, 0.29) is 0 Å². The van der Waals surface area contributed by atoms with Gasteiger partial charge in [0.25, 0.3) is 0 Å². The number of imidazole rings is 2. The lowest BCUT2D eigenvalue weighted by Crippen LogP contribution is -2.34. The summed E-state index contributed by atoms with van der Waals surface area (Å²) >= 11 is 0. The Morgan fingerprint density at radius 1 is 1.13 bits per heavy atom. The van der Waals surface area contributed by atoms with Crippen LogP contribution in [0.2, 0.25) is 0 Å². The maximum Gasteiger partial charge on any atom is 0.110 e. The van der Waals surface area contributed by atoms with Crippen molar-refractivity contribution in [3.8, 4) is 0 Å². The molecule has 0 saturated carbocycles. The number of nitrogens with one attached hydrogen (secondary N) is 1. The number of H-pyrrole nitrogens is 1. The number of fused-ring (bicyclic) bond motifs is 1. The second-order valence-electron chi connectivity index (χ2n) is 6.41. The first-order valence-electron chi connectivity index (χ1n) is 8.51. The average molecular weight is 309 g/mol. The largest absolute Gasteiger partial charge is 0.342 e. The molecule has 5 nitrogen and oxygen atoms in total. The van der Waals surface area contributed by atoms with Crippen molar-refractivity contribution in [1.29, 1.82) is 0 Å². The lowest BCUT2D eigenvalue weighted by atomic mass is 9.96. The Morgan fingerprint density at radius 2 is 2.00 bits per heavy atom. The van der Waals surface area contributed by atoms with Gasteiger partial charge in [0.05, 0.1) is 17.4 Å². The van der Waals surface area contributed by atoms with Crippen molar-refractivity contribution in [3.63, 3.8) is 0 Å². The molecule has 0 spiro atoms. The number of hydrogen-bond donors (Lipinski definition) is 1. The van der Waals surface area contributed by atoms with Crippen molar-refractivity contribution >= 4 is 11.0 Å². The maximum atomic E-state index is 4.77. The van der Waals surface area contributed by atoms with Gasteiger partial charge in [0, 0.05) is 24.9 Å². The predicted molar refractivity (Wildman–Crippen MR) is 91.4 cm³/mol. The van der Waals surface area contributed by atoms with Crippen molar-refractivity contribution < 1.29 is 0 Å². The molecule has 0 aliphatic carbocycles. The van der Waals surface area contributed by atoms with Crippen LogP contribution in [0.1, 0.15) is 31.0 Å².